The summed E-state index contributed by atoms with van der Waals surface area (Å²) in [4.78, 5) is 4.24. The predicted molar refractivity (Wildman–Crippen MR) is 67.9 cm³/mol. The van der Waals surface area contributed by atoms with Gasteiger partial charge in [-0.15, -0.1) is 0 Å². The number of nitrogens with one attached hydrogen (secondary N) is 1. The Labute approximate surface area is 110 Å². The van der Waals surface area contributed by atoms with Crippen LogP contribution in [-0.2, 0) is 13.1 Å². The van der Waals surface area contributed by atoms with Gasteiger partial charge in [-0.3, -0.25) is 0 Å². The molecular formula is C14H16F2N2O. The van der Waals surface area contributed by atoms with Crippen LogP contribution in [0.4, 0.5) is 8.78 Å². The molecule has 5 heteroatoms. The second-order valence-electron chi connectivity index (χ2n) is 4.40. The molecule has 102 valence electrons. The molecule has 3 nitrogen and oxygen atoms in total. The molecule has 0 aliphatic heterocycles. The van der Waals surface area contributed by atoms with E-state index in [0.717, 1.165) is 17.0 Å². The quantitative estimate of drug-likeness (QED) is 0.899. The molecule has 0 aliphatic rings. The lowest BCUT2D eigenvalue weighted by Gasteiger charge is -2.05. The average molecular weight is 266 g/mol. The minimum absolute atomic E-state index is 0.0436. The molecular weight excluding hydrogens is 250 g/mol. The number of alkyl halides is 2. The summed E-state index contributed by atoms with van der Waals surface area (Å²) in [6.07, 6.45) is -2.43. The smallest absolute Gasteiger partial charge is 0.263 e. The number of halogens is 2. The maximum absolute atomic E-state index is 12.5. The zero-order chi connectivity index (χ0) is 13.8. The molecule has 0 saturated heterocycles. The Morgan fingerprint density at radius 1 is 1.26 bits per heavy atom. The van der Waals surface area contributed by atoms with Gasteiger partial charge in [-0.1, -0.05) is 18.2 Å². The maximum Gasteiger partial charge on any atom is 0.263 e. The van der Waals surface area contributed by atoms with E-state index in [1.54, 1.807) is 6.07 Å². The van der Waals surface area contributed by atoms with Gasteiger partial charge in [0.05, 0.1) is 12.2 Å². The molecule has 0 atom stereocenters. The number of nitrogens with zero attached hydrogens (tertiary/aromatic N) is 1. The normalized spacial score (nSPS) is 11.2. The monoisotopic (exact) mass is 266 g/mol. The molecule has 2 aromatic rings. The van der Waals surface area contributed by atoms with Crippen molar-refractivity contribution in [2.24, 2.45) is 0 Å². The standard InChI is InChI=1S/C14H16F2N2O/c1-9-10(2)19-13(18-9)8-17-7-11-4-3-5-12(6-11)14(15)16/h3-6,14,17H,7-8H2,1-2H3. The first-order chi connectivity index (χ1) is 9.06. The molecule has 1 heterocycles. The fraction of sp³-hybridized carbons (Fsp3) is 0.357. The first-order valence-electron chi connectivity index (χ1n) is 6.07. The Morgan fingerprint density at radius 2 is 2.05 bits per heavy atom. The van der Waals surface area contributed by atoms with Gasteiger partial charge in [0.25, 0.3) is 6.43 Å². The number of rotatable bonds is 5. The fourth-order valence-electron chi connectivity index (χ4n) is 1.77. The first-order valence-corrected chi connectivity index (χ1v) is 6.07. The first kappa shape index (κ1) is 13.7. The Hall–Kier alpha value is -1.75. The molecule has 19 heavy (non-hydrogen) atoms. The van der Waals surface area contributed by atoms with E-state index in [-0.39, 0.29) is 5.56 Å². The van der Waals surface area contributed by atoms with Crippen LogP contribution >= 0.6 is 0 Å². The van der Waals surface area contributed by atoms with Crippen LogP contribution in [0.15, 0.2) is 28.7 Å². The third-order valence-corrected chi connectivity index (χ3v) is 2.88. The molecule has 2 rings (SSSR count). The third-order valence-electron chi connectivity index (χ3n) is 2.88. The van der Waals surface area contributed by atoms with Gasteiger partial charge in [-0.2, -0.15) is 0 Å². The van der Waals surface area contributed by atoms with Gasteiger partial charge < -0.3 is 9.73 Å². The zero-order valence-corrected chi connectivity index (χ0v) is 10.9. The van der Waals surface area contributed by atoms with E-state index >= 15 is 0 Å². The molecule has 0 spiro atoms. The van der Waals surface area contributed by atoms with Crippen molar-refractivity contribution in [3.05, 3.63) is 52.7 Å². The Morgan fingerprint density at radius 3 is 2.68 bits per heavy atom. The van der Waals surface area contributed by atoms with Crippen molar-refractivity contribution in [3.8, 4) is 0 Å². The lowest BCUT2D eigenvalue weighted by Crippen LogP contribution is -2.13. The summed E-state index contributed by atoms with van der Waals surface area (Å²) in [5.41, 5.74) is 1.73. The van der Waals surface area contributed by atoms with Crippen molar-refractivity contribution in [1.29, 1.82) is 0 Å². The molecule has 0 radical (unpaired) electrons. The predicted octanol–water partition coefficient (Wildman–Crippen LogP) is 3.52. The van der Waals surface area contributed by atoms with Crippen molar-refractivity contribution >= 4 is 0 Å². The van der Waals surface area contributed by atoms with Crippen molar-refractivity contribution in [2.45, 2.75) is 33.4 Å². The SMILES string of the molecule is Cc1nc(CNCc2cccc(C(F)F)c2)oc1C. The average Bonchev–Trinajstić information content (AvgIpc) is 2.69. The van der Waals surface area contributed by atoms with Gasteiger partial charge in [0, 0.05) is 12.1 Å². The highest BCUT2D eigenvalue weighted by atomic mass is 19.3. The van der Waals surface area contributed by atoms with E-state index in [4.69, 9.17) is 4.42 Å². The lowest BCUT2D eigenvalue weighted by atomic mass is 10.1. The van der Waals surface area contributed by atoms with Crippen molar-refractivity contribution in [2.75, 3.05) is 0 Å². The van der Waals surface area contributed by atoms with Gasteiger partial charge in [-0.05, 0) is 25.5 Å². The summed E-state index contributed by atoms with van der Waals surface area (Å²) in [5.74, 6) is 1.41. The second kappa shape index (κ2) is 5.93. The van der Waals surface area contributed by atoms with Crippen LogP contribution in [0.2, 0.25) is 0 Å². The van der Waals surface area contributed by atoms with Crippen LogP contribution in [0.3, 0.4) is 0 Å². The summed E-state index contributed by atoms with van der Waals surface area (Å²) in [5, 5.41) is 3.12. The Kier molecular flexibility index (Phi) is 4.27. The minimum atomic E-state index is -2.43. The Balaban J connectivity index is 1.90. The van der Waals surface area contributed by atoms with Crippen LogP contribution in [0.5, 0.6) is 0 Å². The van der Waals surface area contributed by atoms with Crippen molar-refractivity contribution in [3.63, 3.8) is 0 Å². The number of oxazole rings is 1. The molecule has 1 aromatic heterocycles. The van der Waals surface area contributed by atoms with Crippen LogP contribution < -0.4 is 5.32 Å². The number of hydrogen-bond donors (Lipinski definition) is 1. The topological polar surface area (TPSA) is 38.1 Å². The highest BCUT2D eigenvalue weighted by Crippen LogP contribution is 2.19. The Bertz CT molecular complexity index is 533. The molecule has 0 aliphatic carbocycles. The largest absolute Gasteiger partial charge is 0.444 e. The third kappa shape index (κ3) is 3.61. The number of aromatic nitrogens is 1. The number of aryl methyl sites for hydroxylation is 2. The van der Waals surface area contributed by atoms with E-state index in [1.165, 1.54) is 12.1 Å². The number of hydrogen-bond acceptors (Lipinski definition) is 3. The zero-order valence-electron chi connectivity index (χ0n) is 10.9. The molecule has 1 aromatic carbocycles. The summed E-state index contributed by atoms with van der Waals surface area (Å²) >= 11 is 0. The van der Waals surface area contributed by atoms with Crippen LogP contribution in [0.25, 0.3) is 0 Å². The summed E-state index contributed by atoms with van der Waals surface area (Å²) in [6.45, 7) is 4.72. The van der Waals surface area contributed by atoms with E-state index < -0.39 is 6.43 Å². The summed E-state index contributed by atoms with van der Waals surface area (Å²) < 4.78 is 30.5. The molecule has 0 amide bonds. The molecule has 0 bridgehead atoms. The highest BCUT2D eigenvalue weighted by Gasteiger charge is 2.07. The van der Waals surface area contributed by atoms with Crippen LogP contribution in [-0.4, -0.2) is 4.98 Å². The van der Waals surface area contributed by atoms with E-state index in [1.807, 2.05) is 19.9 Å². The van der Waals surface area contributed by atoms with Gasteiger partial charge in [0.2, 0.25) is 5.89 Å². The van der Waals surface area contributed by atoms with E-state index in [0.29, 0.717) is 19.0 Å². The van der Waals surface area contributed by atoms with Gasteiger partial charge >= 0.3 is 0 Å². The van der Waals surface area contributed by atoms with E-state index in [2.05, 4.69) is 10.3 Å². The van der Waals surface area contributed by atoms with Crippen LogP contribution in [0, 0.1) is 13.8 Å². The molecule has 0 unspecified atom stereocenters. The highest BCUT2D eigenvalue weighted by molar-refractivity contribution is 5.24. The van der Waals surface area contributed by atoms with Crippen molar-refractivity contribution < 1.29 is 13.2 Å². The summed E-state index contributed by atoms with van der Waals surface area (Å²) in [7, 11) is 0. The van der Waals surface area contributed by atoms with Crippen LogP contribution in [0.1, 0.15) is 34.9 Å². The molecule has 0 saturated carbocycles. The summed E-state index contributed by atoms with van der Waals surface area (Å²) in [6, 6.07) is 6.38. The minimum Gasteiger partial charge on any atom is -0.444 e. The molecule has 1 N–H and O–H groups in total. The van der Waals surface area contributed by atoms with Gasteiger partial charge in [-0.25, -0.2) is 13.8 Å². The van der Waals surface area contributed by atoms with Gasteiger partial charge in [0.15, 0.2) is 0 Å². The fourth-order valence-corrected chi connectivity index (χ4v) is 1.77. The molecule has 0 fully saturated rings. The van der Waals surface area contributed by atoms with Crippen molar-refractivity contribution in [1.82, 2.24) is 10.3 Å². The van der Waals surface area contributed by atoms with Gasteiger partial charge in [0.1, 0.15) is 5.76 Å². The second-order valence-corrected chi connectivity index (χ2v) is 4.40. The lowest BCUT2D eigenvalue weighted by molar-refractivity contribution is 0.151. The maximum atomic E-state index is 12.5. The van der Waals surface area contributed by atoms with E-state index in [9.17, 15) is 8.78 Å². The number of benzene rings is 1.